The molecule has 5 rings (SSSR count). The molecule has 3 aliphatic rings. The fraction of sp³-hybridized carbons (Fsp3) is 0.500. The number of nitrogens with zero attached hydrogens (tertiary/aromatic N) is 4. The molecule has 6 nitrogen and oxygen atoms in total. The number of nitrogens with two attached hydrogens (primary N) is 1. The highest BCUT2D eigenvalue weighted by Gasteiger charge is 2.62. The Morgan fingerprint density at radius 3 is 3.24 bits per heavy atom. The van der Waals surface area contributed by atoms with Crippen molar-refractivity contribution in [1.29, 1.82) is 0 Å². The molecule has 0 aromatic carbocycles. The molecule has 2 N–H and O–H groups in total. The maximum absolute atomic E-state index is 6.07. The summed E-state index contributed by atoms with van der Waals surface area (Å²) in [6.07, 6.45) is 2.81. The number of hydrogen-bond acceptors (Lipinski definition) is 7. The zero-order valence-corrected chi connectivity index (χ0v) is 12.2. The van der Waals surface area contributed by atoms with Crippen LogP contribution in [-0.4, -0.2) is 46.1 Å². The Morgan fingerprint density at radius 1 is 1.43 bits per heavy atom. The minimum atomic E-state index is -0.326. The molecular weight excluding hydrogens is 286 g/mol. The Balaban J connectivity index is 1.69. The summed E-state index contributed by atoms with van der Waals surface area (Å²) in [6.45, 7) is 2.78. The van der Waals surface area contributed by atoms with Crippen LogP contribution in [0.1, 0.15) is 18.2 Å². The predicted octanol–water partition coefficient (Wildman–Crippen LogP) is 1.15. The van der Waals surface area contributed by atoms with Gasteiger partial charge < -0.3 is 10.5 Å². The van der Waals surface area contributed by atoms with Crippen molar-refractivity contribution < 1.29 is 4.74 Å². The first-order chi connectivity index (χ1) is 10.3. The molecule has 21 heavy (non-hydrogen) atoms. The van der Waals surface area contributed by atoms with Gasteiger partial charge in [-0.05, 0) is 24.4 Å². The molecule has 3 aliphatic heterocycles. The van der Waals surface area contributed by atoms with E-state index < -0.39 is 0 Å². The van der Waals surface area contributed by atoms with E-state index in [-0.39, 0.29) is 11.6 Å². The highest BCUT2D eigenvalue weighted by molar-refractivity contribution is 7.17. The van der Waals surface area contributed by atoms with Crippen LogP contribution in [0.4, 0.5) is 0 Å². The number of hydrogen-bond donors (Lipinski definition) is 1. The van der Waals surface area contributed by atoms with Crippen molar-refractivity contribution in [1.82, 2.24) is 14.9 Å². The Kier molecular flexibility index (Phi) is 2.22. The summed E-state index contributed by atoms with van der Waals surface area (Å²) in [4.78, 5) is 15.8. The van der Waals surface area contributed by atoms with E-state index in [2.05, 4.69) is 25.2 Å². The Labute approximate surface area is 125 Å². The van der Waals surface area contributed by atoms with Gasteiger partial charge in [-0.15, -0.1) is 11.3 Å². The van der Waals surface area contributed by atoms with Crippen LogP contribution in [0.15, 0.2) is 22.8 Å². The molecule has 0 radical (unpaired) electrons. The number of aliphatic imine (C=N–C) groups is 1. The van der Waals surface area contributed by atoms with Crippen LogP contribution in [0.25, 0.3) is 10.2 Å². The second-order valence-electron chi connectivity index (χ2n) is 5.99. The average molecular weight is 301 g/mol. The number of ether oxygens (including phenoxy) is 1. The molecule has 108 valence electrons. The number of aromatic nitrogens is 2. The molecule has 2 aromatic rings. The summed E-state index contributed by atoms with van der Waals surface area (Å²) in [5.74, 6) is 0.484. The molecule has 0 amide bonds. The van der Waals surface area contributed by atoms with Crippen molar-refractivity contribution in [2.24, 2.45) is 16.6 Å². The number of rotatable bonds is 1. The minimum absolute atomic E-state index is 0.130. The molecule has 2 fully saturated rings. The quantitative estimate of drug-likeness (QED) is 0.855. The van der Waals surface area contributed by atoms with E-state index in [0.29, 0.717) is 18.5 Å². The maximum Gasteiger partial charge on any atom is 0.282 e. The van der Waals surface area contributed by atoms with Crippen LogP contribution in [0.5, 0.6) is 0 Å². The predicted molar refractivity (Wildman–Crippen MR) is 80.1 cm³/mol. The summed E-state index contributed by atoms with van der Waals surface area (Å²) in [6, 6.07) is 2.50. The van der Waals surface area contributed by atoms with Crippen molar-refractivity contribution in [3.63, 3.8) is 0 Å². The topological polar surface area (TPSA) is 76.6 Å². The molecule has 7 heteroatoms. The molecule has 4 atom stereocenters. The molecular formula is C14H15N5OS. The summed E-state index contributed by atoms with van der Waals surface area (Å²) in [5.41, 5.74) is 7.59. The van der Waals surface area contributed by atoms with E-state index in [1.165, 1.54) is 0 Å². The second-order valence-corrected chi connectivity index (χ2v) is 6.90. The summed E-state index contributed by atoms with van der Waals surface area (Å²) in [5, 5.41) is 2.07. The lowest BCUT2D eigenvalue weighted by atomic mass is 9.80. The summed E-state index contributed by atoms with van der Waals surface area (Å²) < 4.78 is 7.22. The molecule has 2 aromatic heterocycles. The molecule has 4 unspecified atom stereocenters. The van der Waals surface area contributed by atoms with Crippen molar-refractivity contribution in [3.05, 3.63) is 23.5 Å². The lowest BCUT2D eigenvalue weighted by Crippen LogP contribution is -2.49. The third-order valence-electron chi connectivity index (χ3n) is 5.05. The highest BCUT2D eigenvalue weighted by Crippen LogP contribution is 2.54. The second kappa shape index (κ2) is 3.92. The van der Waals surface area contributed by atoms with Gasteiger partial charge in [0.25, 0.3) is 6.02 Å². The SMILES string of the molecule is NC1=NCC2(O1)C1CCN(C1)C2c1ncnc2ccsc12. The van der Waals surface area contributed by atoms with E-state index in [9.17, 15) is 0 Å². The molecule has 0 aliphatic carbocycles. The number of thiophene rings is 1. The van der Waals surface area contributed by atoms with Gasteiger partial charge in [0.15, 0.2) is 5.60 Å². The molecule has 0 saturated carbocycles. The van der Waals surface area contributed by atoms with Crippen LogP contribution in [-0.2, 0) is 4.74 Å². The third-order valence-corrected chi connectivity index (χ3v) is 5.97. The van der Waals surface area contributed by atoms with Crippen LogP contribution in [0, 0.1) is 5.92 Å². The van der Waals surface area contributed by atoms with Gasteiger partial charge >= 0.3 is 0 Å². The van der Waals surface area contributed by atoms with Crippen LogP contribution >= 0.6 is 11.3 Å². The fourth-order valence-corrected chi connectivity index (χ4v) is 5.03. The first-order valence-corrected chi connectivity index (χ1v) is 8.07. The third kappa shape index (κ3) is 1.42. The Hall–Kier alpha value is -1.73. The monoisotopic (exact) mass is 301 g/mol. The van der Waals surface area contributed by atoms with Gasteiger partial charge in [0.1, 0.15) is 6.33 Å². The normalized spacial score (nSPS) is 37.3. The highest BCUT2D eigenvalue weighted by atomic mass is 32.1. The molecule has 1 spiro atoms. The number of fused-ring (bicyclic) bond motifs is 4. The van der Waals surface area contributed by atoms with Crippen molar-refractivity contribution in [3.8, 4) is 0 Å². The fourth-order valence-electron chi connectivity index (χ4n) is 4.18. The van der Waals surface area contributed by atoms with E-state index in [1.54, 1.807) is 17.7 Å². The van der Waals surface area contributed by atoms with E-state index in [4.69, 9.17) is 10.5 Å². The molecule has 5 heterocycles. The smallest absolute Gasteiger partial charge is 0.282 e. The number of piperidine rings is 1. The summed E-state index contributed by atoms with van der Waals surface area (Å²) >= 11 is 1.70. The van der Waals surface area contributed by atoms with E-state index in [1.807, 2.05) is 6.07 Å². The Bertz CT molecular complexity index is 759. The van der Waals surface area contributed by atoms with Crippen LogP contribution < -0.4 is 5.73 Å². The first kappa shape index (κ1) is 11.9. The minimum Gasteiger partial charge on any atom is -0.454 e. The van der Waals surface area contributed by atoms with Crippen molar-refractivity contribution in [2.45, 2.75) is 18.1 Å². The van der Waals surface area contributed by atoms with Gasteiger partial charge in [0.2, 0.25) is 0 Å². The number of amidine groups is 1. The first-order valence-electron chi connectivity index (χ1n) is 7.19. The largest absolute Gasteiger partial charge is 0.454 e. The van der Waals surface area contributed by atoms with E-state index in [0.717, 1.165) is 35.4 Å². The van der Waals surface area contributed by atoms with Gasteiger partial charge in [0, 0.05) is 12.5 Å². The van der Waals surface area contributed by atoms with Gasteiger partial charge in [-0.3, -0.25) is 4.90 Å². The van der Waals surface area contributed by atoms with Crippen molar-refractivity contribution >= 4 is 27.6 Å². The van der Waals surface area contributed by atoms with E-state index >= 15 is 0 Å². The zero-order valence-electron chi connectivity index (χ0n) is 11.4. The zero-order chi connectivity index (χ0) is 14.0. The van der Waals surface area contributed by atoms with Crippen LogP contribution in [0.3, 0.4) is 0 Å². The standard InChI is InChI=1S/C14H15N5OS/c15-13-16-6-14(20-13)8-1-3-19(5-8)12(14)10-11-9(2-4-21-11)17-7-18-10/h2,4,7-8,12H,1,3,5-6H2,(H2,15,16). The molecule has 2 bridgehead atoms. The molecule has 2 saturated heterocycles. The van der Waals surface area contributed by atoms with Gasteiger partial charge in [-0.2, -0.15) is 0 Å². The van der Waals surface area contributed by atoms with Crippen molar-refractivity contribution in [2.75, 3.05) is 19.6 Å². The maximum atomic E-state index is 6.07. The van der Waals surface area contributed by atoms with Gasteiger partial charge in [-0.25, -0.2) is 15.0 Å². The Morgan fingerprint density at radius 2 is 2.38 bits per heavy atom. The average Bonchev–Trinajstić information content (AvgIpc) is 3.22. The van der Waals surface area contributed by atoms with Gasteiger partial charge in [-0.1, -0.05) is 0 Å². The summed E-state index contributed by atoms with van der Waals surface area (Å²) in [7, 11) is 0. The lowest BCUT2D eigenvalue weighted by molar-refractivity contribution is -0.0125. The van der Waals surface area contributed by atoms with Crippen LogP contribution in [0.2, 0.25) is 0 Å². The van der Waals surface area contributed by atoms with Gasteiger partial charge in [0.05, 0.1) is 28.5 Å². The lowest BCUT2D eigenvalue weighted by Gasteiger charge is -2.39.